The van der Waals surface area contributed by atoms with Crippen LogP contribution in [0.25, 0.3) is 0 Å². The van der Waals surface area contributed by atoms with Crippen LogP contribution >= 0.6 is 11.6 Å². The smallest absolute Gasteiger partial charge is 0.440 e. The van der Waals surface area contributed by atoms with Gasteiger partial charge in [-0.1, -0.05) is 54.1 Å². The number of methoxy groups -OCH3 is 1. The van der Waals surface area contributed by atoms with E-state index in [2.05, 4.69) is 0 Å². The Bertz CT molecular complexity index is 964. The molecule has 1 aliphatic rings. The number of nitrogens with zero attached hydrogens (tertiary/aromatic N) is 2. The van der Waals surface area contributed by atoms with Crippen molar-refractivity contribution >= 4 is 29.1 Å². The van der Waals surface area contributed by atoms with Gasteiger partial charge in [0.2, 0.25) is 0 Å². The largest absolute Gasteiger partial charge is 0.496 e. The van der Waals surface area contributed by atoms with Gasteiger partial charge in [-0.3, -0.25) is 0 Å². The Morgan fingerprint density at radius 1 is 0.926 bits per heavy atom. The molecule has 1 aliphatic heterocycles. The Morgan fingerprint density at radius 3 is 2.37 bits per heavy atom. The molecule has 0 bridgehead atoms. The maximum Gasteiger partial charge on any atom is 0.440 e. The summed E-state index contributed by atoms with van der Waals surface area (Å²) in [4.78, 5) is 20.0. The zero-order chi connectivity index (χ0) is 18.8. The van der Waals surface area contributed by atoms with Crippen LogP contribution in [0.2, 0.25) is 5.02 Å². The van der Waals surface area contributed by atoms with E-state index in [-0.39, 0.29) is 0 Å². The number of anilines is 2. The third-order valence-electron chi connectivity index (χ3n) is 4.35. The van der Waals surface area contributed by atoms with Crippen LogP contribution in [0.5, 0.6) is 5.75 Å². The molecule has 5 nitrogen and oxygen atoms in total. The Balaban J connectivity index is 1.88. The van der Waals surface area contributed by atoms with Gasteiger partial charge < -0.3 is 9.57 Å². The van der Waals surface area contributed by atoms with Gasteiger partial charge in [-0.2, -0.15) is 5.06 Å². The molecule has 136 valence electrons. The summed E-state index contributed by atoms with van der Waals surface area (Å²) in [5.74, 6) is 0.661. The van der Waals surface area contributed by atoms with Crippen LogP contribution < -0.4 is 14.7 Å². The molecule has 27 heavy (non-hydrogen) atoms. The van der Waals surface area contributed by atoms with Gasteiger partial charge >= 0.3 is 6.09 Å². The molecule has 1 saturated heterocycles. The summed E-state index contributed by atoms with van der Waals surface area (Å²) in [6.45, 7) is 0. The molecule has 6 heteroatoms. The zero-order valence-corrected chi connectivity index (χ0v) is 15.3. The average molecular weight is 381 g/mol. The lowest BCUT2D eigenvalue weighted by Gasteiger charge is -2.28. The fraction of sp³-hybridized carbons (Fsp3) is 0.0952. The van der Waals surface area contributed by atoms with Crippen molar-refractivity contribution in [3.05, 3.63) is 89.4 Å². The summed E-state index contributed by atoms with van der Waals surface area (Å²) in [5.41, 5.74) is 2.20. The molecule has 3 aromatic rings. The van der Waals surface area contributed by atoms with Crippen molar-refractivity contribution < 1.29 is 14.4 Å². The summed E-state index contributed by atoms with van der Waals surface area (Å²) < 4.78 is 5.54. The number of hydroxylamine groups is 1. The highest BCUT2D eigenvalue weighted by Crippen LogP contribution is 2.42. The molecule has 1 unspecified atom stereocenters. The van der Waals surface area contributed by atoms with Gasteiger partial charge in [0.25, 0.3) is 0 Å². The summed E-state index contributed by atoms with van der Waals surface area (Å²) in [5, 5.41) is 2.12. The van der Waals surface area contributed by atoms with E-state index in [1.807, 2.05) is 60.7 Å². The molecule has 0 saturated carbocycles. The van der Waals surface area contributed by atoms with Gasteiger partial charge in [0.1, 0.15) is 5.75 Å². The monoisotopic (exact) mass is 380 g/mol. The molecule has 0 radical (unpaired) electrons. The maximum atomic E-state index is 12.8. The Labute approximate surface area is 162 Å². The van der Waals surface area contributed by atoms with Crippen LogP contribution in [-0.4, -0.2) is 13.2 Å². The minimum atomic E-state index is -0.547. The zero-order valence-electron chi connectivity index (χ0n) is 14.6. The second-order valence-corrected chi connectivity index (χ2v) is 6.42. The third kappa shape index (κ3) is 3.17. The van der Waals surface area contributed by atoms with E-state index in [4.69, 9.17) is 21.2 Å². The first-order valence-corrected chi connectivity index (χ1v) is 8.81. The number of carbonyl (C=O) groups excluding carboxylic acids is 1. The lowest BCUT2D eigenvalue weighted by molar-refractivity contribution is 0.164. The van der Waals surface area contributed by atoms with Crippen LogP contribution in [0.4, 0.5) is 16.2 Å². The molecule has 3 aromatic carbocycles. The quantitative estimate of drug-likeness (QED) is 0.605. The highest BCUT2D eigenvalue weighted by Gasteiger charge is 2.44. The SMILES string of the molecule is COc1ccccc1C1N(c2ccccc2)OC(=O)N1c1cccc(Cl)c1. The molecule has 0 aliphatic carbocycles. The second kappa shape index (κ2) is 7.21. The van der Waals surface area contributed by atoms with Gasteiger partial charge in [0.15, 0.2) is 6.17 Å². The first-order chi connectivity index (χ1) is 13.2. The van der Waals surface area contributed by atoms with Crippen molar-refractivity contribution in [3.63, 3.8) is 0 Å². The number of hydrogen-bond acceptors (Lipinski definition) is 4. The summed E-state index contributed by atoms with van der Waals surface area (Å²) in [6, 6.07) is 24.2. The van der Waals surface area contributed by atoms with E-state index >= 15 is 0 Å². The van der Waals surface area contributed by atoms with Crippen LogP contribution in [0.15, 0.2) is 78.9 Å². The highest BCUT2D eigenvalue weighted by molar-refractivity contribution is 6.30. The minimum absolute atomic E-state index is 0.489. The van der Waals surface area contributed by atoms with Gasteiger partial charge in [0.05, 0.1) is 18.5 Å². The number of para-hydroxylation sites is 2. The first-order valence-electron chi connectivity index (χ1n) is 8.43. The predicted molar refractivity (Wildman–Crippen MR) is 105 cm³/mol. The molecular weight excluding hydrogens is 364 g/mol. The normalized spacial score (nSPS) is 16.4. The Kier molecular flexibility index (Phi) is 4.60. The van der Waals surface area contributed by atoms with Crippen molar-refractivity contribution in [2.45, 2.75) is 6.17 Å². The van der Waals surface area contributed by atoms with Gasteiger partial charge in [0, 0.05) is 10.6 Å². The number of carbonyl (C=O) groups is 1. The second-order valence-electron chi connectivity index (χ2n) is 5.98. The van der Waals surface area contributed by atoms with E-state index in [1.54, 1.807) is 35.3 Å². The van der Waals surface area contributed by atoms with E-state index in [0.717, 1.165) is 11.3 Å². The third-order valence-corrected chi connectivity index (χ3v) is 4.59. The number of rotatable bonds is 4. The number of halogens is 1. The Hall–Kier alpha value is -3.18. The molecule has 1 atom stereocenters. The number of ether oxygens (including phenoxy) is 1. The van der Waals surface area contributed by atoms with Crippen LogP contribution in [0, 0.1) is 0 Å². The average Bonchev–Trinajstić information content (AvgIpc) is 3.05. The minimum Gasteiger partial charge on any atom is -0.496 e. The Morgan fingerprint density at radius 2 is 1.63 bits per heavy atom. The van der Waals surface area contributed by atoms with Crippen LogP contribution in [0.3, 0.4) is 0 Å². The van der Waals surface area contributed by atoms with E-state index < -0.39 is 12.3 Å². The molecule has 0 aromatic heterocycles. The number of hydrogen-bond donors (Lipinski definition) is 0. The van der Waals surface area contributed by atoms with Crippen molar-refractivity contribution in [3.8, 4) is 5.75 Å². The first kappa shape index (κ1) is 17.2. The molecule has 4 rings (SSSR count). The highest BCUT2D eigenvalue weighted by atomic mass is 35.5. The topological polar surface area (TPSA) is 42.0 Å². The molecule has 1 amide bonds. The van der Waals surface area contributed by atoms with Gasteiger partial charge in [-0.05, 0) is 36.4 Å². The van der Waals surface area contributed by atoms with Gasteiger partial charge in [-0.25, -0.2) is 9.69 Å². The number of amides is 1. The summed E-state index contributed by atoms with van der Waals surface area (Å²) >= 11 is 6.16. The van der Waals surface area contributed by atoms with Crippen LogP contribution in [0.1, 0.15) is 11.7 Å². The van der Waals surface area contributed by atoms with Crippen molar-refractivity contribution in [1.29, 1.82) is 0 Å². The standard InChI is InChI=1S/C21H17ClN2O3/c1-26-19-13-6-5-12-18(19)20-23(17-11-7-8-15(22)14-17)21(25)27-24(20)16-9-3-2-4-10-16/h2-14,20H,1H3. The predicted octanol–water partition coefficient (Wildman–Crippen LogP) is 5.43. The molecule has 1 heterocycles. The van der Waals surface area contributed by atoms with Crippen molar-refractivity contribution in [2.75, 3.05) is 17.1 Å². The molecule has 0 N–H and O–H groups in total. The fourth-order valence-corrected chi connectivity index (χ4v) is 3.35. The van der Waals surface area contributed by atoms with Crippen molar-refractivity contribution in [1.82, 2.24) is 0 Å². The lowest BCUT2D eigenvalue weighted by Crippen LogP contribution is -2.32. The van der Waals surface area contributed by atoms with E-state index in [0.29, 0.717) is 16.5 Å². The van der Waals surface area contributed by atoms with E-state index in [9.17, 15) is 4.79 Å². The fourth-order valence-electron chi connectivity index (χ4n) is 3.17. The van der Waals surface area contributed by atoms with Gasteiger partial charge in [-0.15, -0.1) is 0 Å². The lowest BCUT2D eigenvalue weighted by atomic mass is 10.1. The van der Waals surface area contributed by atoms with Crippen LogP contribution in [-0.2, 0) is 4.84 Å². The maximum absolute atomic E-state index is 12.8. The summed E-state index contributed by atoms with van der Waals surface area (Å²) in [6.07, 6.45) is -1.04. The van der Waals surface area contributed by atoms with Crippen molar-refractivity contribution in [2.24, 2.45) is 0 Å². The number of benzene rings is 3. The molecule has 0 spiro atoms. The summed E-state index contributed by atoms with van der Waals surface area (Å²) in [7, 11) is 1.60. The molecule has 1 fully saturated rings. The molecular formula is C21H17ClN2O3. The van der Waals surface area contributed by atoms with E-state index in [1.165, 1.54) is 0 Å².